The van der Waals surface area contributed by atoms with Crippen LogP contribution in [0.5, 0.6) is 0 Å². The van der Waals surface area contributed by atoms with Crippen LogP contribution < -0.4 is 0 Å². The second kappa shape index (κ2) is 4.60. The number of ether oxygens (including phenoxy) is 1. The van der Waals surface area contributed by atoms with Gasteiger partial charge in [-0.05, 0) is 33.1 Å². The molecule has 0 aromatic rings. The lowest BCUT2D eigenvalue weighted by atomic mass is 9.79. The molecule has 0 aliphatic carbocycles. The van der Waals surface area contributed by atoms with Crippen LogP contribution >= 0.6 is 0 Å². The number of carbonyl (C=O) groups is 1. The zero-order chi connectivity index (χ0) is 10.6. The van der Waals surface area contributed by atoms with Crippen LogP contribution in [0.15, 0.2) is 11.6 Å². The Bertz CT molecular complexity index is 233. The van der Waals surface area contributed by atoms with Gasteiger partial charge in [-0.25, -0.2) is 0 Å². The number of carboxylic acid groups (broad SMARTS) is 1. The van der Waals surface area contributed by atoms with E-state index < -0.39 is 11.4 Å². The highest BCUT2D eigenvalue weighted by atomic mass is 16.5. The molecule has 1 rings (SSSR count). The molecule has 1 unspecified atom stereocenters. The molecular weight excluding hydrogens is 180 g/mol. The third kappa shape index (κ3) is 2.58. The average molecular weight is 198 g/mol. The standard InChI is InChI=1S/C11H18O3/c1-9(2)4-6-11(10(12)13)5-3-7-14-8-11/h4H,3,5-8H2,1-2H3,(H,12,13). The van der Waals surface area contributed by atoms with Crippen molar-refractivity contribution in [2.24, 2.45) is 5.41 Å². The number of rotatable bonds is 3. The summed E-state index contributed by atoms with van der Waals surface area (Å²) in [5.74, 6) is -0.727. The first-order chi connectivity index (χ1) is 6.57. The molecule has 1 fully saturated rings. The molecule has 3 nitrogen and oxygen atoms in total. The van der Waals surface area contributed by atoms with Crippen molar-refractivity contribution in [1.29, 1.82) is 0 Å². The molecule has 3 heteroatoms. The number of aliphatic carboxylic acids is 1. The van der Waals surface area contributed by atoms with Gasteiger partial charge in [-0.3, -0.25) is 4.79 Å². The molecule has 1 heterocycles. The van der Waals surface area contributed by atoms with E-state index in [1.54, 1.807) is 0 Å². The van der Waals surface area contributed by atoms with Crippen LogP contribution in [-0.2, 0) is 9.53 Å². The molecular formula is C11H18O3. The molecule has 0 aromatic carbocycles. The lowest BCUT2D eigenvalue weighted by molar-refractivity contribution is -0.157. The SMILES string of the molecule is CC(C)=CCC1(C(=O)O)CCCOC1. The molecule has 1 aliphatic heterocycles. The van der Waals surface area contributed by atoms with E-state index in [1.165, 1.54) is 0 Å². The van der Waals surface area contributed by atoms with Gasteiger partial charge in [-0.1, -0.05) is 11.6 Å². The van der Waals surface area contributed by atoms with Crippen LogP contribution in [0, 0.1) is 5.41 Å². The maximum Gasteiger partial charge on any atom is 0.312 e. The summed E-state index contributed by atoms with van der Waals surface area (Å²) in [6.45, 7) is 5.02. The van der Waals surface area contributed by atoms with Crippen molar-refractivity contribution in [2.75, 3.05) is 13.2 Å². The topological polar surface area (TPSA) is 46.5 Å². The van der Waals surface area contributed by atoms with E-state index in [0.717, 1.165) is 18.4 Å². The van der Waals surface area contributed by atoms with Crippen molar-refractivity contribution in [2.45, 2.75) is 33.1 Å². The Balaban J connectivity index is 2.70. The zero-order valence-electron chi connectivity index (χ0n) is 8.88. The highest BCUT2D eigenvalue weighted by Crippen LogP contribution is 2.33. The van der Waals surface area contributed by atoms with Gasteiger partial charge in [0, 0.05) is 6.61 Å². The van der Waals surface area contributed by atoms with E-state index in [2.05, 4.69) is 0 Å². The van der Waals surface area contributed by atoms with Crippen molar-refractivity contribution in [3.8, 4) is 0 Å². The molecule has 0 spiro atoms. The smallest absolute Gasteiger partial charge is 0.312 e. The van der Waals surface area contributed by atoms with Gasteiger partial charge in [0.2, 0.25) is 0 Å². The largest absolute Gasteiger partial charge is 0.481 e. The third-order valence-electron chi connectivity index (χ3n) is 2.68. The fourth-order valence-electron chi connectivity index (χ4n) is 1.67. The Morgan fingerprint density at radius 1 is 1.57 bits per heavy atom. The second-order valence-electron chi connectivity index (χ2n) is 4.23. The molecule has 1 atom stereocenters. The van der Waals surface area contributed by atoms with Crippen molar-refractivity contribution in [3.05, 3.63) is 11.6 Å². The van der Waals surface area contributed by atoms with Gasteiger partial charge < -0.3 is 9.84 Å². The monoisotopic (exact) mass is 198 g/mol. The minimum absolute atomic E-state index is 0.353. The first kappa shape index (κ1) is 11.2. The summed E-state index contributed by atoms with van der Waals surface area (Å²) in [5, 5.41) is 9.19. The molecule has 0 bridgehead atoms. The molecule has 80 valence electrons. The number of allylic oxidation sites excluding steroid dienone is 2. The lowest BCUT2D eigenvalue weighted by Gasteiger charge is -2.32. The van der Waals surface area contributed by atoms with Crippen molar-refractivity contribution < 1.29 is 14.6 Å². The normalized spacial score (nSPS) is 27.0. The average Bonchev–Trinajstić information content (AvgIpc) is 2.16. The van der Waals surface area contributed by atoms with Crippen LogP contribution in [0.25, 0.3) is 0 Å². The maximum atomic E-state index is 11.2. The summed E-state index contributed by atoms with van der Waals surface area (Å²) >= 11 is 0. The summed E-state index contributed by atoms with van der Waals surface area (Å²) in [5.41, 5.74) is 0.492. The zero-order valence-corrected chi connectivity index (χ0v) is 8.88. The van der Waals surface area contributed by atoms with E-state index in [4.69, 9.17) is 4.74 Å². The van der Waals surface area contributed by atoms with E-state index >= 15 is 0 Å². The molecule has 1 saturated heterocycles. The fraction of sp³-hybridized carbons (Fsp3) is 0.727. The van der Waals surface area contributed by atoms with Gasteiger partial charge in [-0.2, -0.15) is 0 Å². The van der Waals surface area contributed by atoms with Gasteiger partial charge in [0.15, 0.2) is 0 Å². The Labute approximate surface area is 84.8 Å². The van der Waals surface area contributed by atoms with Crippen molar-refractivity contribution in [1.82, 2.24) is 0 Å². The first-order valence-corrected chi connectivity index (χ1v) is 5.01. The summed E-state index contributed by atoms with van der Waals surface area (Å²) in [7, 11) is 0. The van der Waals surface area contributed by atoms with Crippen molar-refractivity contribution in [3.63, 3.8) is 0 Å². The molecule has 1 aliphatic rings. The Hall–Kier alpha value is -0.830. The highest BCUT2D eigenvalue weighted by molar-refractivity contribution is 5.75. The van der Waals surface area contributed by atoms with E-state index in [-0.39, 0.29) is 0 Å². The third-order valence-corrected chi connectivity index (χ3v) is 2.68. The van der Waals surface area contributed by atoms with Gasteiger partial charge in [0.25, 0.3) is 0 Å². The minimum Gasteiger partial charge on any atom is -0.481 e. The Morgan fingerprint density at radius 2 is 2.29 bits per heavy atom. The van der Waals surface area contributed by atoms with E-state index in [1.807, 2.05) is 19.9 Å². The summed E-state index contributed by atoms with van der Waals surface area (Å²) in [6.07, 6.45) is 4.16. The molecule has 1 N–H and O–H groups in total. The van der Waals surface area contributed by atoms with Crippen LogP contribution in [-0.4, -0.2) is 24.3 Å². The Morgan fingerprint density at radius 3 is 2.71 bits per heavy atom. The number of carboxylic acids is 1. The van der Waals surface area contributed by atoms with Gasteiger partial charge in [0.1, 0.15) is 0 Å². The predicted molar refractivity (Wildman–Crippen MR) is 54.2 cm³/mol. The van der Waals surface area contributed by atoms with E-state index in [0.29, 0.717) is 19.6 Å². The number of hydrogen-bond acceptors (Lipinski definition) is 2. The van der Waals surface area contributed by atoms with Gasteiger partial charge in [-0.15, -0.1) is 0 Å². The Kier molecular flexibility index (Phi) is 3.69. The molecule has 0 amide bonds. The molecule has 0 saturated carbocycles. The minimum atomic E-state index is -0.727. The number of hydrogen-bond donors (Lipinski definition) is 1. The van der Waals surface area contributed by atoms with Crippen LogP contribution in [0.3, 0.4) is 0 Å². The first-order valence-electron chi connectivity index (χ1n) is 5.01. The van der Waals surface area contributed by atoms with Crippen LogP contribution in [0.4, 0.5) is 0 Å². The van der Waals surface area contributed by atoms with E-state index in [9.17, 15) is 9.90 Å². The molecule has 0 radical (unpaired) electrons. The fourth-order valence-corrected chi connectivity index (χ4v) is 1.67. The maximum absolute atomic E-state index is 11.2. The van der Waals surface area contributed by atoms with Crippen LogP contribution in [0.1, 0.15) is 33.1 Å². The summed E-state index contributed by atoms with van der Waals surface area (Å²) in [6, 6.07) is 0. The lowest BCUT2D eigenvalue weighted by Crippen LogP contribution is -2.39. The van der Waals surface area contributed by atoms with Gasteiger partial charge in [0.05, 0.1) is 12.0 Å². The second-order valence-corrected chi connectivity index (χ2v) is 4.23. The quantitative estimate of drug-likeness (QED) is 0.707. The van der Waals surface area contributed by atoms with Crippen molar-refractivity contribution >= 4 is 5.97 Å². The summed E-state index contributed by atoms with van der Waals surface area (Å²) < 4.78 is 5.27. The molecule has 0 aromatic heterocycles. The molecule has 14 heavy (non-hydrogen) atoms. The van der Waals surface area contributed by atoms with Crippen LogP contribution in [0.2, 0.25) is 0 Å². The van der Waals surface area contributed by atoms with Gasteiger partial charge >= 0.3 is 5.97 Å². The highest BCUT2D eigenvalue weighted by Gasteiger charge is 2.39. The predicted octanol–water partition coefficient (Wildman–Crippen LogP) is 2.22. The summed E-state index contributed by atoms with van der Waals surface area (Å²) in [4.78, 5) is 11.2.